The van der Waals surface area contributed by atoms with E-state index in [0.717, 1.165) is 17.7 Å². The molecule has 0 spiro atoms. The summed E-state index contributed by atoms with van der Waals surface area (Å²) in [5.41, 5.74) is 0.800. The van der Waals surface area contributed by atoms with E-state index in [1.807, 2.05) is 51.1 Å². The van der Waals surface area contributed by atoms with Crippen LogP contribution in [0.25, 0.3) is 0 Å². The van der Waals surface area contributed by atoms with Gasteiger partial charge in [-0.1, -0.05) is 36.3 Å². The maximum atomic E-state index is 12.7. The average Bonchev–Trinajstić information content (AvgIpc) is 2.51. The Labute approximate surface area is 140 Å². The zero-order chi connectivity index (χ0) is 17.8. The van der Waals surface area contributed by atoms with E-state index in [-0.39, 0.29) is 5.54 Å². The first-order chi connectivity index (χ1) is 11.1. The van der Waals surface area contributed by atoms with Crippen molar-refractivity contribution < 1.29 is 13.2 Å². The van der Waals surface area contributed by atoms with Gasteiger partial charge in [0.15, 0.2) is 0 Å². The third-order valence-corrected chi connectivity index (χ3v) is 3.03. The fourth-order valence-corrected chi connectivity index (χ4v) is 1.97. The molecular formula is C20H18F3N. The van der Waals surface area contributed by atoms with E-state index in [0.29, 0.717) is 11.3 Å². The molecule has 0 atom stereocenters. The molecular weight excluding hydrogens is 311 g/mol. The number of hydrogen-bond acceptors (Lipinski definition) is 1. The van der Waals surface area contributed by atoms with Crippen molar-refractivity contribution in [1.29, 1.82) is 0 Å². The van der Waals surface area contributed by atoms with E-state index in [1.165, 1.54) is 12.1 Å². The lowest BCUT2D eigenvalue weighted by Crippen LogP contribution is -2.14. The smallest absolute Gasteiger partial charge is 0.270 e. The van der Waals surface area contributed by atoms with Crippen LogP contribution in [0.5, 0.6) is 0 Å². The van der Waals surface area contributed by atoms with Crippen LogP contribution in [0.1, 0.15) is 37.5 Å². The maximum Gasteiger partial charge on any atom is 0.416 e. The van der Waals surface area contributed by atoms with Crippen LogP contribution < -0.4 is 0 Å². The third-order valence-electron chi connectivity index (χ3n) is 3.03. The highest BCUT2D eigenvalue weighted by Gasteiger charge is 2.30. The molecule has 0 N–H and O–H groups in total. The summed E-state index contributed by atoms with van der Waals surface area (Å²) in [5, 5.41) is 0. The standard InChI is InChI=1S/C20H18F3N/c1-19(2,3)24-18(14-9-15-7-5-4-6-8-15)16-10-12-17(13-11-16)20(21,22)23/h4-8,10-13H,1-3H3. The minimum absolute atomic E-state index is 0.386. The predicted molar refractivity (Wildman–Crippen MR) is 91.1 cm³/mol. The van der Waals surface area contributed by atoms with Crippen molar-refractivity contribution in [2.24, 2.45) is 4.99 Å². The van der Waals surface area contributed by atoms with Crippen molar-refractivity contribution in [3.05, 3.63) is 71.3 Å². The van der Waals surface area contributed by atoms with Gasteiger partial charge in [-0.3, -0.25) is 4.99 Å². The van der Waals surface area contributed by atoms with Gasteiger partial charge in [-0.15, -0.1) is 0 Å². The Morgan fingerprint density at radius 2 is 1.46 bits per heavy atom. The molecule has 0 fully saturated rings. The van der Waals surface area contributed by atoms with Gasteiger partial charge < -0.3 is 0 Å². The highest BCUT2D eigenvalue weighted by molar-refractivity contribution is 6.13. The van der Waals surface area contributed by atoms with Crippen LogP contribution in [-0.4, -0.2) is 11.3 Å². The Bertz CT molecular complexity index is 768. The zero-order valence-corrected chi connectivity index (χ0v) is 13.8. The highest BCUT2D eigenvalue weighted by Crippen LogP contribution is 2.29. The summed E-state index contributed by atoms with van der Waals surface area (Å²) in [7, 11) is 0. The summed E-state index contributed by atoms with van der Waals surface area (Å²) in [6.45, 7) is 5.75. The summed E-state index contributed by atoms with van der Waals surface area (Å²) in [4.78, 5) is 4.55. The van der Waals surface area contributed by atoms with Gasteiger partial charge in [-0.25, -0.2) is 0 Å². The molecule has 0 saturated heterocycles. The van der Waals surface area contributed by atoms with Crippen LogP contribution in [0.2, 0.25) is 0 Å². The largest absolute Gasteiger partial charge is 0.416 e. The molecule has 1 nitrogen and oxygen atoms in total. The van der Waals surface area contributed by atoms with Gasteiger partial charge in [0.2, 0.25) is 0 Å². The first kappa shape index (κ1) is 17.8. The lowest BCUT2D eigenvalue weighted by atomic mass is 10.0. The van der Waals surface area contributed by atoms with Gasteiger partial charge in [-0.05, 0) is 51.0 Å². The number of alkyl halides is 3. The Hall–Kier alpha value is -2.54. The molecule has 0 aliphatic carbocycles. The van der Waals surface area contributed by atoms with Crippen molar-refractivity contribution >= 4 is 5.71 Å². The van der Waals surface area contributed by atoms with Gasteiger partial charge >= 0.3 is 6.18 Å². The molecule has 2 rings (SSSR count). The van der Waals surface area contributed by atoms with Crippen LogP contribution in [0.15, 0.2) is 59.6 Å². The Balaban J connectivity index is 2.41. The monoisotopic (exact) mass is 329 g/mol. The lowest BCUT2D eigenvalue weighted by molar-refractivity contribution is -0.137. The Kier molecular flexibility index (Phi) is 5.14. The number of rotatable bonds is 1. The van der Waals surface area contributed by atoms with Crippen LogP contribution in [0.4, 0.5) is 13.2 Å². The molecule has 0 saturated carbocycles. The van der Waals surface area contributed by atoms with E-state index in [9.17, 15) is 13.2 Å². The van der Waals surface area contributed by atoms with E-state index in [4.69, 9.17) is 0 Å². The molecule has 2 aromatic rings. The first-order valence-electron chi connectivity index (χ1n) is 7.50. The summed E-state index contributed by atoms with van der Waals surface area (Å²) in [6, 6.07) is 14.3. The predicted octanol–water partition coefficient (Wildman–Crippen LogP) is 5.34. The van der Waals surface area contributed by atoms with Crippen molar-refractivity contribution in [1.82, 2.24) is 0 Å². The molecule has 2 aromatic carbocycles. The summed E-state index contributed by atoms with van der Waals surface area (Å²) in [6.07, 6.45) is -4.35. The number of hydrogen-bond donors (Lipinski definition) is 0. The van der Waals surface area contributed by atoms with Gasteiger partial charge in [0.05, 0.1) is 11.1 Å². The van der Waals surface area contributed by atoms with Crippen molar-refractivity contribution in [2.45, 2.75) is 32.5 Å². The maximum absolute atomic E-state index is 12.7. The normalized spacial score (nSPS) is 12.5. The highest BCUT2D eigenvalue weighted by atomic mass is 19.4. The second-order valence-electron chi connectivity index (χ2n) is 6.32. The van der Waals surface area contributed by atoms with Gasteiger partial charge in [0, 0.05) is 11.1 Å². The van der Waals surface area contributed by atoms with E-state index < -0.39 is 11.7 Å². The molecule has 0 amide bonds. The molecule has 4 heteroatoms. The number of halogens is 3. The van der Waals surface area contributed by atoms with Crippen LogP contribution in [0, 0.1) is 11.8 Å². The molecule has 0 heterocycles. The van der Waals surface area contributed by atoms with E-state index >= 15 is 0 Å². The van der Waals surface area contributed by atoms with Crippen LogP contribution in [0.3, 0.4) is 0 Å². The quantitative estimate of drug-likeness (QED) is 0.494. The van der Waals surface area contributed by atoms with Crippen molar-refractivity contribution in [3.8, 4) is 11.8 Å². The molecule has 0 aliphatic heterocycles. The SMILES string of the molecule is CC(C)(C)N=C(C#Cc1ccccc1)c1ccc(C(F)(F)F)cc1. The summed E-state index contributed by atoms with van der Waals surface area (Å²) in [5.74, 6) is 5.99. The molecule has 124 valence electrons. The third kappa shape index (κ3) is 5.27. The average molecular weight is 329 g/mol. The van der Waals surface area contributed by atoms with E-state index in [2.05, 4.69) is 16.8 Å². The second kappa shape index (κ2) is 6.92. The Morgan fingerprint density at radius 3 is 1.96 bits per heavy atom. The fourth-order valence-electron chi connectivity index (χ4n) is 1.97. The van der Waals surface area contributed by atoms with Gasteiger partial charge in [-0.2, -0.15) is 13.2 Å². The minimum Gasteiger partial charge on any atom is -0.270 e. The summed E-state index contributed by atoms with van der Waals surface area (Å²) < 4.78 is 38.1. The Morgan fingerprint density at radius 1 is 0.875 bits per heavy atom. The molecule has 0 aliphatic rings. The van der Waals surface area contributed by atoms with Crippen LogP contribution >= 0.6 is 0 Å². The molecule has 0 unspecified atom stereocenters. The van der Waals surface area contributed by atoms with Gasteiger partial charge in [0.1, 0.15) is 5.71 Å². The van der Waals surface area contributed by atoms with Crippen molar-refractivity contribution in [2.75, 3.05) is 0 Å². The molecule has 0 bridgehead atoms. The van der Waals surface area contributed by atoms with Gasteiger partial charge in [0.25, 0.3) is 0 Å². The zero-order valence-electron chi connectivity index (χ0n) is 13.8. The minimum atomic E-state index is -4.35. The number of nitrogens with zero attached hydrogens (tertiary/aromatic N) is 1. The number of aliphatic imine (C=N–C) groups is 1. The topological polar surface area (TPSA) is 12.4 Å². The van der Waals surface area contributed by atoms with Crippen LogP contribution in [-0.2, 0) is 6.18 Å². The lowest BCUT2D eigenvalue weighted by Gasteiger charge is -2.14. The van der Waals surface area contributed by atoms with E-state index in [1.54, 1.807) is 0 Å². The molecule has 0 radical (unpaired) electrons. The second-order valence-corrected chi connectivity index (χ2v) is 6.32. The fraction of sp³-hybridized carbons (Fsp3) is 0.250. The number of benzene rings is 2. The van der Waals surface area contributed by atoms with Crippen molar-refractivity contribution in [3.63, 3.8) is 0 Å². The first-order valence-corrected chi connectivity index (χ1v) is 7.50. The summed E-state index contributed by atoms with van der Waals surface area (Å²) >= 11 is 0. The molecule has 0 aromatic heterocycles. The molecule has 24 heavy (non-hydrogen) atoms.